The minimum Gasteiger partial charge on any atom is -0.436 e. The number of rotatable bonds is 6. The Bertz CT molecular complexity index is 1330. The topological polar surface area (TPSA) is 69.1 Å². The van der Waals surface area contributed by atoms with Gasteiger partial charge >= 0.3 is 0 Å². The molecule has 1 heterocycles. The fourth-order valence-corrected chi connectivity index (χ4v) is 5.66. The third-order valence-electron chi connectivity index (χ3n) is 7.23. The minimum absolute atomic E-state index is 0.392. The van der Waals surface area contributed by atoms with E-state index in [1.807, 2.05) is 48.5 Å². The van der Waals surface area contributed by atoms with Crippen molar-refractivity contribution in [3.8, 4) is 22.6 Å². The first kappa shape index (κ1) is 20.7. The smallest absolute Gasteiger partial charge is 0.248 e. The maximum absolute atomic E-state index is 11.7. The second-order valence-corrected chi connectivity index (χ2v) is 9.32. The first-order valence-electron chi connectivity index (χ1n) is 11.9. The number of aromatic nitrogens is 1. The van der Waals surface area contributed by atoms with Gasteiger partial charge in [-0.25, -0.2) is 4.98 Å². The lowest BCUT2D eigenvalue weighted by molar-refractivity contribution is 0.1000. The van der Waals surface area contributed by atoms with E-state index >= 15 is 0 Å². The molecule has 4 aromatic rings. The molecular weight excluding hydrogens is 420 g/mol. The Hall–Kier alpha value is -3.92. The molecule has 2 atom stereocenters. The Balaban J connectivity index is 1.47. The zero-order valence-corrected chi connectivity index (χ0v) is 18.9. The lowest BCUT2D eigenvalue weighted by atomic mass is 9.87. The monoisotopic (exact) mass is 446 g/mol. The molecule has 4 nitrogen and oxygen atoms in total. The number of carbonyl (C=O) groups excluding carboxylic acids is 1. The van der Waals surface area contributed by atoms with Crippen LogP contribution in [0, 0.1) is 11.8 Å². The summed E-state index contributed by atoms with van der Waals surface area (Å²) in [5.41, 5.74) is 12.8. The van der Waals surface area contributed by atoms with E-state index in [0.29, 0.717) is 17.4 Å². The van der Waals surface area contributed by atoms with Gasteiger partial charge in [0.25, 0.3) is 0 Å². The highest BCUT2D eigenvalue weighted by Crippen LogP contribution is 2.54. The molecule has 1 aromatic heterocycles. The third kappa shape index (κ3) is 3.65. The number of nitrogens with zero attached hydrogens (tertiary/aromatic N) is 1. The molecule has 1 fully saturated rings. The number of primary amides is 1. The second kappa shape index (κ2) is 8.45. The van der Waals surface area contributed by atoms with Crippen LogP contribution in [0.1, 0.15) is 41.1 Å². The Morgan fingerprint density at radius 2 is 1.59 bits per heavy atom. The molecule has 2 aliphatic rings. The van der Waals surface area contributed by atoms with Gasteiger partial charge in [-0.2, -0.15) is 0 Å². The van der Waals surface area contributed by atoms with Crippen LogP contribution in [0.4, 0.5) is 0 Å². The van der Waals surface area contributed by atoms with Gasteiger partial charge in [-0.3, -0.25) is 4.79 Å². The molecule has 1 amide bonds. The quantitative estimate of drug-likeness (QED) is 0.366. The lowest BCUT2D eigenvalue weighted by Crippen LogP contribution is -2.11. The number of carbonyl (C=O) groups is 1. The van der Waals surface area contributed by atoms with Crippen LogP contribution < -0.4 is 5.73 Å². The first-order chi connectivity index (χ1) is 16.7. The van der Waals surface area contributed by atoms with E-state index in [9.17, 15) is 4.79 Å². The average Bonchev–Trinajstić information content (AvgIpc) is 3.60. The molecule has 2 N–H and O–H groups in total. The zero-order chi connectivity index (χ0) is 23.1. The number of nitrogens with two attached hydrogens (primary N) is 1. The summed E-state index contributed by atoms with van der Waals surface area (Å²) in [5.74, 6) is 2.18. The predicted octanol–water partition coefficient (Wildman–Crippen LogP) is 6.53. The fraction of sp³-hybridized carbons (Fsp3) is 0.200. The van der Waals surface area contributed by atoms with Gasteiger partial charge in [0, 0.05) is 22.3 Å². The molecular formula is C30H26N2O2. The Labute approximate surface area is 199 Å². The molecule has 2 aliphatic carbocycles. The molecule has 2 bridgehead atoms. The number of benzene rings is 3. The molecule has 0 aliphatic heterocycles. The summed E-state index contributed by atoms with van der Waals surface area (Å²) in [4.78, 5) is 16.8. The van der Waals surface area contributed by atoms with E-state index in [1.54, 1.807) is 6.07 Å². The van der Waals surface area contributed by atoms with Gasteiger partial charge in [0.05, 0.1) is 0 Å². The molecule has 0 spiro atoms. The molecule has 0 saturated heterocycles. The van der Waals surface area contributed by atoms with Gasteiger partial charge in [-0.15, -0.1) is 0 Å². The Morgan fingerprint density at radius 3 is 2.32 bits per heavy atom. The van der Waals surface area contributed by atoms with E-state index in [2.05, 4.69) is 30.3 Å². The van der Waals surface area contributed by atoms with Gasteiger partial charge in [0.15, 0.2) is 5.76 Å². The van der Waals surface area contributed by atoms with Crippen molar-refractivity contribution in [3.63, 3.8) is 0 Å². The molecule has 2 unspecified atom stereocenters. The zero-order valence-electron chi connectivity index (χ0n) is 18.9. The van der Waals surface area contributed by atoms with Gasteiger partial charge in [0.1, 0.15) is 5.69 Å². The summed E-state index contributed by atoms with van der Waals surface area (Å²) in [6.07, 6.45) is 4.33. The van der Waals surface area contributed by atoms with Crippen LogP contribution in [0.5, 0.6) is 0 Å². The number of fused-ring (bicyclic) bond motifs is 2. The van der Waals surface area contributed by atoms with Crippen LogP contribution in [0.3, 0.4) is 0 Å². The van der Waals surface area contributed by atoms with E-state index < -0.39 is 5.91 Å². The van der Waals surface area contributed by atoms with Crippen LogP contribution >= 0.6 is 0 Å². The number of allylic oxidation sites excluding steroid dienone is 2. The number of amides is 1. The highest BCUT2D eigenvalue weighted by Gasteiger charge is 2.41. The number of hydrogen-bond acceptors (Lipinski definition) is 3. The van der Waals surface area contributed by atoms with Crippen molar-refractivity contribution in [3.05, 3.63) is 108 Å². The highest BCUT2D eigenvalue weighted by atomic mass is 16.4. The maximum atomic E-state index is 11.7. The number of oxazole rings is 1. The summed E-state index contributed by atoms with van der Waals surface area (Å²) in [6, 6.07) is 28.1. The van der Waals surface area contributed by atoms with Crippen LogP contribution in [-0.4, -0.2) is 10.9 Å². The molecule has 168 valence electrons. The highest BCUT2D eigenvalue weighted by molar-refractivity contribution is 5.93. The summed E-state index contributed by atoms with van der Waals surface area (Å²) in [7, 11) is 0. The largest absolute Gasteiger partial charge is 0.436 e. The summed E-state index contributed by atoms with van der Waals surface area (Å²) >= 11 is 0. The van der Waals surface area contributed by atoms with Crippen molar-refractivity contribution in [2.24, 2.45) is 17.6 Å². The fourth-order valence-electron chi connectivity index (χ4n) is 5.66. The normalized spacial score (nSPS) is 19.1. The van der Waals surface area contributed by atoms with Crippen LogP contribution in [0.25, 0.3) is 28.2 Å². The van der Waals surface area contributed by atoms with Gasteiger partial charge < -0.3 is 10.2 Å². The SMILES string of the molecule is NC(=O)c1cccc(CC2=C(c3nc(-c4ccccc4)c(-c4ccccc4)o3)C3CCC2C3)c1. The summed E-state index contributed by atoms with van der Waals surface area (Å²) < 4.78 is 6.58. The van der Waals surface area contributed by atoms with E-state index in [1.165, 1.54) is 24.0 Å². The van der Waals surface area contributed by atoms with Crippen molar-refractivity contribution in [2.75, 3.05) is 0 Å². The van der Waals surface area contributed by atoms with Crippen molar-refractivity contribution < 1.29 is 9.21 Å². The third-order valence-corrected chi connectivity index (χ3v) is 7.23. The van der Waals surface area contributed by atoms with Gasteiger partial charge in [0.2, 0.25) is 11.8 Å². The molecule has 1 saturated carbocycles. The Morgan fingerprint density at radius 1 is 0.882 bits per heavy atom. The van der Waals surface area contributed by atoms with E-state index in [-0.39, 0.29) is 0 Å². The Kier molecular flexibility index (Phi) is 5.14. The predicted molar refractivity (Wildman–Crippen MR) is 134 cm³/mol. The maximum Gasteiger partial charge on any atom is 0.248 e. The number of hydrogen-bond donors (Lipinski definition) is 1. The van der Waals surface area contributed by atoms with Gasteiger partial charge in [-0.1, -0.05) is 78.4 Å². The average molecular weight is 447 g/mol. The van der Waals surface area contributed by atoms with Crippen LogP contribution in [0.15, 0.2) is 94.9 Å². The molecule has 0 radical (unpaired) electrons. The van der Waals surface area contributed by atoms with E-state index in [4.69, 9.17) is 15.1 Å². The lowest BCUT2D eigenvalue weighted by Gasteiger charge is -2.18. The van der Waals surface area contributed by atoms with Crippen LogP contribution in [0.2, 0.25) is 0 Å². The van der Waals surface area contributed by atoms with Crippen molar-refractivity contribution in [1.82, 2.24) is 4.98 Å². The van der Waals surface area contributed by atoms with Crippen molar-refractivity contribution in [1.29, 1.82) is 0 Å². The molecule has 3 aromatic carbocycles. The van der Waals surface area contributed by atoms with E-state index in [0.717, 1.165) is 46.9 Å². The van der Waals surface area contributed by atoms with Crippen LogP contribution in [-0.2, 0) is 6.42 Å². The van der Waals surface area contributed by atoms with Crippen molar-refractivity contribution >= 4 is 11.5 Å². The molecule has 6 rings (SSSR count). The summed E-state index contributed by atoms with van der Waals surface area (Å²) in [5, 5.41) is 0. The minimum atomic E-state index is -0.392. The standard InChI is InChI=1S/C30H26N2O2/c31-29(33)24-13-7-8-19(16-24)17-25-22-14-15-23(18-22)26(25)30-32-27(20-9-3-1-4-10-20)28(34-30)21-11-5-2-6-12-21/h1-13,16,22-23H,14-15,17-18H2,(H2,31,33). The van der Waals surface area contributed by atoms with Gasteiger partial charge in [-0.05, 0) is 55.2 Å². The molecule has 34 heavy (non-hydrogen) atoms. The summed E-state index contributed by atoms with van der Waals surface area (Å²) in [6.45, 7) is 0. The second-order valence-electron chi connectivity index (χ2n) is 9.32. The van der Waals surface area contributed by atoms with Crippen molar-refractivity contribution in [2.45, 2.75) is 25.7 Å². The first-order valence-corrected chi connectivity index (χ1v) is 11.9. The molecule has 4 heteroatoms.